The van der Waals surface area contributed by atoms with Crippen molar-refractivity contribution in [1.82, 2.24) is 20.4 Å². The van der Waals surface area contributed by atoms with Gasteiger partial charge in [0, 0.05) is 26.1 Å². The summed E-state index contributed by atoms with van der Waals surface area (Å²) in [7, 11) is 0. The van der Waals surface area contributed by atoms with Crippen LogP contribution in [0.5, 0.6) is 0 Å². The fourth-order valence-electron chi connectivity index (χ4n) is 5.57. The lowest BCUT2D eigenvalue weighted by Gasteiger charge is -2.48. The number of piperidine rings is 2. The Kier molecular flexibility index (Phi) is 5.35. The molecule has 5 rings (SSSR count). The number of ether oxygens (including phenoxy) is 1. The molecule has 4 aliphatic heterocycles. The van der Waals surface area contributed by atoms with E-state index in [1.165, 1.54) is 0 Å². The maximum atomic E-state index is 13.3. The van der Waals surface area contributed by atoms with Crippen LogP contribution in [0.3, 0.4) is 0 Å². The van der Waals surface area contributed by atoms with Gasteiger partial charge in [-0.3, -0.25) is 34.3 Å². The average Bonchev–Trinajstić information content (AvgIpc) is 2.99. The van der Waals surface area contributed by atoms with Crippen molar-refractivity contribution in [2.24, 2.45) is 0 Å². The van der Waals surface area contributed by atoms with E-state index < -0.39 is 23.8 Å². The van der Waals surface area contributed by atoms with E-state index in [-0.39, 0.29) is 30.5 Å². The number of fused-ring (bicyclic) bond motifs is 1. The van der Waals surface area contributed by atoms with E-state index >= 15 is 0 Å². The van der Waals surface area contributed by atoms with Crippen molar-refractivity contribution in [3.63, 3.8) is 0 Å². The number of benzene rings is 1. The Morgan fingerprint density at radius 2 is 1.91 bits per heavy atom. The monoisotopic (exact) mass is 440 g/mol. The quantitative estimate of drug-likeness (QED) is 0.657. The molecule has 9 nitrogen and oxygen atoms in total. The molecule has 3 fully saturated rings. The van der Waals surface area contributed by atoms with E-state index in [9.17, 15) is 19.2 Å². The number of carbonyl (C=O) groups is 4. The summed E-state index contributed by atoms with van der Waals surface area (Å²) in [5.74, 6) is -1.89. The van der Waals surface area contributed by atoms with E-state index in [4.69, 9.17) is 4.74 Å². The molecule has 32 heavy (non-hydrogen) atoms. The van der Waals surface area contributed by atoms with Gasteiger partial charge in [0.15, 0.2) is 0 Å². The molecule has 0 aromatic heterocycles. The third kappa shape index (κ3) is 3.64. The predicted molar refractivity (Wildman–Crippen MR) is 114 cm³/mol. The minimum atomic E-state index is -0.950. The molecule has 4 heterocycles. The van der Waals surface area contributed by atoms with Crippen molar-refractivity contribution in [1.29, 1.82) is 0 Å². The van der Waals surface area contributed by atoms with Gasteiger partial charge in [0.25, 0.3) is 11.8 Å². The van der Waals surface area contributed by atoms with E-state index in [0.29, 0.717) is 17.7 Å². The summed E-state index contributed by atoms with van der Waals surface area (Å²) in [6.07, 6.45) is 2.24. The van der Waals surface area contributed by atoms with Gasteiger partial charge in [0.2, 0.25) is 11.8 Å². The Hall–Kier alpha value is -2.62. The van der Waals surface area contributed by atoms with Crippen LogP contribution in [0.15, 0.2) is 18.2 Å². The number of rotatable bonds is 3. The summed E-state index contributed by atoms with van der Waals surface area (Å²) in [6.45, 7) is 5.99. The first-order chi connectivity index (χ1) is 15.4. The lowest BCUT2D eigenvalue weighted by atomic mass is 9.89. The van der Waals surface area contributed by atoms with Gasteiger partial charge in [0.05, 0.1) is 22.8 Å². The van der Waals surface area contributed by atoms with Crippen molar-refractivity contribution < 1.29 is 23.9 Å². The van der Waals surface area contributed by atoms with Gasteiger partial charge in [-0.25, -0.2) is 0 Å². The molecule has 1 spiro atoms. The number of nitrogens with one attached hydrogen (secondary N) is 2. The molecule has 170 valence electrons. The number of hydrogen-bond donors (Lipinski definition) is 2. The maximum absolute atomic E-state index is 13.3. The van der Waals surface area contributed by atoms with Gasteiger partial charge in [-0.15, -0.1) is 0 Å². The van der Waals surface area contributed by atoms with Crippen molar-refractivity contribution in [2.45, 2.75) is 56.9 Å². The van der Waals surface area contributed by atoms with Crippen LogP contribution in [0, 0.1) is 0 Å². The summed E-state index contributed by atoms with van der Waals surface area (Å²) in [5.41, 5.74) is 1.31. The van der Waals surface area contributed by atoms with Crippen molar-refractivity contribution in [3.05, 3.63) is 34.9 Å². The van der Waals surface area contributed by atoms with Gasteiger partial charge in [-0.2, -0.15) is 0 Å². The van der Waals surface area contributed by atoms with Crippen LogP contribution in [-0.2, 0) is 20.9 Å². The number of amides is 4. The van der Waals surface area contributed by atoms with Crippen LogP contribution >= 0.6 is 0 Å². The van der Waals surface area contributed by atoms with Crippen LogP contribution < -0.4 is 10.6 Å². The molecule has 0 aliphatic carbocycles. The zero-order valence-corrected chi connectivity index (χ0v) is 18.2. The number of imide groups is 2. The highest BCUT2D eigenvalue weighted by Gasteiger charge is 2.46. The Labute approximate surface area is 186 Å². The highest BCUT2D eigenvalue weighted by Crippen LogP contribution is 2.34. The topological polar surface area (TPSA) is 108 Å². The second-order valence-electron chi connectivity index (χ2n) is 9.32. The van der Waals surface area contributed by atoms with Crippen LogP contribution in [0.4, 0.5) is 0 Å². The third-order valence-electron chi connectivity index (χ3n) is 6.94. The fraction of sp³-hybridized carbons (Fsp3) is 0.565. The predicted octanol–water partition coefficient (Wildman–Crippen LogP) is 0.431. The molecule has 2 unspecified atom stereocenters. The first-order valence-corrected chi connectivity index (χ1v) is 11.3. The Morgan fingerprint density at radius 1 is 1.12 bits per heavy atom. The minimum Gasteiger partial charge on any atom is -0.369 e. The van der Waals surface area contributed by atoms with E-state index in [1.54, 1.807) is 12.1 Å². The molecule has 1 aromatic carbocycles. The molecular formula is C23H28N4O5. The second-order valence-corrected chi connectivity index (χ2v) is 9.32. The Bertz CT molecular complexity index is 987. The molecule has 4 aliphatic rings. The van der Waals surface area contributed by atoms with Crippen LogP contribution in [0.2, 0.25) is 0 Å². The standard InChI is InChI=1S/C23H28N4O5/c1-14-11-26(13-23(32-14)7-9-24-10-8-23)12-15-3-2-4-16-19(15)22(31)27(21(16)30)17-5-6-18(28)25-20(17)29/h2-4,14,17,24H,5-13H2,1H3,(H,25,28,29). The van der Waals surface area contributed by atoms with Crippen LogP contribution in [0.1, 0.15) is 58.9 Å². The van der Waals surface area contributed by atoms with Gasteiger partial charge in [-0.1, -0.05) is 12.1 Å². The molecule has 0 saturated carbocycles. The second kappa shape index (κ2) is 8.06. The fourth-order valence-corrected chi connectivity index (χ4v) is 5.57. The summed E-state index contributed by atoms with van der Waals surface area (Å²) < 4.78 is 6.35. The van der Waals surface area contributed by atoms with Crippen molar-refractivity contribution in [3.8, 4) is 0 Å². The number of hydrogen-bond acceptors (Lipinski definition) is 7. The average molecular weight is 441 g/mol. The van der Waals surface area contributed by atoms with Gasteiger partial charge >= 0.3 is 0 Å². The normalized spacial score (nSPS) is 28.2. The smallest absolute Gasteiger partial charge is 0.262 e. The van der Waals surface area contributed by atoms with Crippen molar-refractivity contribution >= 4 is 23.6 Å². The summed E-state index contributed by atoms with van der Waals surface area (Å²) in [6, 6.07) is 4.36. The molecule has 0 radical (unpaired) electrons. The maximum Gasteiger partial charge on any atom is 0.262 e. The molecule has 1 aromatic rings. The molecule has 9 heteroatoms. The largest absolute Gasteiger partial charge is 0.369 e. The van der Waals surface area contributed by atoms with Crippen LogP contribution in [0.25, 0.3) is 0 Å². The van der Waals surface area contributed by atoms with Crippen LogP contribution in [-0.4, -0.2) is 77.4 Å². The first kappa shape index (κ1) is 21.2. The highest BCUT2D eigenvalue weighted by molar-refractivity contribution is 6.24. The van der Waals surface area contributed by atoms with Gasteiger partial charge < -0.3 is 10.1 Å². The Balaban J connectivity index is 1.40. The minimum absolute atomic E-state index is 0.0796. The lowest BCUT2D eigenvalue weighted by molar-refractivity contribution is -0.162. The van der Waals surface area contributed by atoms with E-state index in [1.807, 2.05) is 6.07 Å². The zero-order valence-electron chi connectivity index (χ0n) is 18.2. The van der Waals surface area contributed by atoms with E-state index in [2.05, 4.69) is 22.5 Å². The first-order valence-electron chi connectivity index (χ1n) is 11.3. The number of nitrogens with zero attached hydrogens (tertiary/aromatic N) is 2. The zero-order chi connectivity index (χ0) is 22.5. The molecular weight excluding hydrogens is 412 g/mol. The number of morpholine rings is 1. The Morgan fingerprint density at radius 3 is 2.66 bits per heavy atom. The summed E-state index contributed by atoms with van der Waals surface area (Å²) in [5, 5.41) is 5.62. The third-order valence-corrected chi connectivity index (χ3v) is 6.94. The molecule has 0 bridgehead atoms. The molecule has 4 amide bonds. The van der Waals surface area contributed by atoms with Crippen molar-refractivity contribution in [2.75, 3.05) is 26.2 Å². The molecule has 2 N–H and O–H groups in total. The SMILES string of the molecule is CC1CN(Cc2cccc3c2C(=O)N(C2CCC(=O)NC2=O)C3=O)CC2(CCNCC2)O1. The summed E-state index contributed by atoms with van der Waals surface area (Å²) >= 11 is 0. The number of carbonyl (C=O) groups excluding carboxylic acids is 4. The van der Waals surface area contributed by atoms with E-state index in [0.717, 1.165) is 49.5 Å². The van der Waals surface area contributed by atoms with Gasteiger partial charge in [-0.05, 0) is 50.9 Å². The summed E-state index contributed by atoms with van der Waals surface area (Å²) in [4.78, 5) is 53.6. The molecule has 2 atom stereocenters. The lowest BCUT2D eigenvalue weighted by Crippen LogP contribution is -2.58. The molecule has 3 saturated heterocycles. The van der Waals surface area contributed by atoms with Gasteiger partial charge in [0.1, 0.15) is 6.04 Å². The highest BCUT2D eigenvalue weighted by atomic mass is 16.5.